The molecule has 0 bridgehead atoms. The maximum Gasteiger partial charge on any atom is 0.241 e. The first-order valence-corrected chi connectivity index (χ1v) is 10.6. The Morgan fingerprint density at radius 1 is 1.32 bits per heavy atom. The van der Waals surface area contributed by atoms with Gasteiger partial charge in [0.15, 0.2) is 0 Å². The number of rotatable bonds is 5. The molecule has 1 N–H and O–H groups in total. The number of sulfonamides is 1. The fraction of sp³-hybridized carbons (Fsp3) is 0.632. The van der Waals surface area contributed by atoms with Gasteiger partial charge in [-0.2, -0.15) is 0 Å². The molecule has 0 unspecified atom stereocenters. The molecule has 1 fully saturated rings. The van der Waals surface area contributed by atoms with E-state index >= 15 is 0 Å². The summed E-state index contributed by atoms with van der Waals surface area (Å²) >= 11 is 0. The number of nitrogens with zero attached hydrogens (tertiary/aromatic N) is 1. The smallest absolute Gasteiger partial charge is 0.241 e. The number of carbonyl (C=O) groups excluding carboxylic acids is 1. The van der Waals surface area contributed by atoms with Crippen molar-refractivity contribution in [3.63, 3.8) is 0 Å². The Kier molecular flexibility index (Phi) is 4.71. The Hall–Kier alpha value is -1.40. The van der Waals surface area contributed by atoms with Crippen LogP contribution in [0.1, 0.15) is 58.9 Å². The summed E-state index contributed by atoms with van der Waals surface area (Å²) in [6.07, 6.45) is 4.48. The molecule has 0 saturated heterocycles. The van der Waals surface area contributed by atoms with E-state index in [4.69, 9.17) is 0 Å². The second kappa shape index (κ2) is 6.40. The molecule has 2 aliphatic rings. The molecule has 0 aromatic heterocycles. The zero-order valence-corrected chi connectivity index (χ0v) is 16.3. The molecule has 1 aliphatic carbocycles. The first kappa shape index (κ1) is 18.4. The van der Waals surface area contributed by atoms with Crippen molar-refractivity contribution in [1.29, 1.82) is 0 Å². The Balaban J connectivity index is 1.88. The summed E-state index contributed by atoms with van der Waals surface area (Å²) in [5.41, 5.74) is 1.33. The molecule has 0 radical (unpaired) electrons. The molecule has 1 heterocycles. The minimum Gasteiger partial charge on any atom is -0.309 e. The van der Waals surface area contributed by atoms with Crippen molar-refractivity contribution in [3.8, 4) is 0 Å². The number of amides is 1. The summed E-state index contributed by atoms with van der Waals surface area (Å²) in [6.45, 7) is 7.73. The van der Waals surface area contributed by atoms with Gasteiger partial charge in [-0.25, -0.2) is 13.1 Å². The van der Waals surface area contributed by atoms with Crippen molar-refractivity contribution in [1.82, 2.24) is 4.72 Å². The molecule has 1 atom stereocenters. The number of benzene rings is 1. The maximum absolute atomic E-state index is 12.7. The van der Waals surface area contributed by atoms with Gasteiger partial charge in [-0.3, -0.25) is 4.79 Å². The van der Waals surface area contributed by atoms with E-state index in [1.165, 1.54) is 0 Å². The highest BCUT2D eigenvalue weighted by Crippen LogP contribution is 2.38. The predicted octanol–water partition coefficient (Wildman–Crippen LogP) is 3.23. The molecule has 6 heteroatoms. The molecular formula is C19H28N2O3S. The maximum atomic E-state index is 12.7. The van der Waals surface area contributed by atoms with Crippen LogP contribution in [0.15, 0.2) is 23.1 Å². The van der Waals surface area contributed by atoms with E-state index in [2.05, 4.69) is 4.72 Å². The first-order valence-electron chi connectivity index (χ1n) is 9.14. The van der Waals surface area contributed by atoms with Crippen LogP contribution in [0.4, 0.5) is 5.69 Å². The van der Waals surface area contributed by atoms with E-state index in [-0.39, 0.29) is 22.8 Å². The second-order valence-electron chi connectivity index (χ2n) is 8.02. The lowest BCUT2D eigenvalue weighted by atomic mass is 9.84. The molecular weight excluding hydrogens is 336 g/mol. The van der Waals surface area contributed by atoms with Crippen LogP contribution in [0, 0.1) is 5.92 Å². The van der Waals surface area contributed by atoms with Gasteiger partial charge >= 0.3 is 0 Å². The summed E-state index contributed by atoms with van der Waals surface area (Å²) in [5.74, 6) is 0.335. The quantitative estimate of drug-likeness (QED) is 0.872. The average Bonchev–Trinajstić information content (AvgIpc) is 2.79. The summed E-state index contributed by atoms with van der Waals surface area (Å²) in [4.78, 5) is 14.9. The standard InChI is InChI=1S/C19H28N2O3S/c1-5-19(3,4)20-25(23,24)16-9-10-17-15(12-16)11-13(2)21(17)18(22)14-7-6-8-14/h9-10,12-14,20H,5-8,11H2,1-4H3/t13-/m1/s1. The predicted molar refractivity (Wildman–Crippen MR) is 99.1 cm³/mol. The molecule has 1 aromatic carbocycles. The van der Waals surface area contributed by atoms with Crippen molar-refractivity contribution in [3.05, 3.63) is 23.8 Å². The lowest BCUT2D eigenvalue weighted by molar-refractivity contribution is -0.125. The number of anilines is 1. The van der Waals surface area contributed by atoms with Crippen molar-refractivity contribution in [2.45, 2.75) is 76.3 Å². The van der Waals surface area contributed by atoms with Crippen molar-refractivity contribution >= 4 is 21.6 Å². The molecule has 1 aliphatic heterocycles. The van der Waals surface area contributed by atoms with Gasteiger partial charge in [0.1, 0.15) is 0 Å². The lowest BCUT2D eigenvalue weighted by Crippen LogP contribution is -2.42. The second-order valence-corrected chi connectivity index (χ2v) is 9.71. The minimum atomic E-state index is -3.57. The van der Waals surface area contributed by atoms with Gasteiger partial charge in [0.25, 0.3) is 0 Å². The third-order valence-electron chi connectivity index (χ3n) is 5.56. The van der Waals surface area contributed by atoms with Gasteiger partial charge in [0.05, 0.1) is 4.90 Å². The highest BCUT2D eigenvalue weighted by Gasteiger charge is 2.37. The van der Waals surface area contributed by atoms with Gasteiger partial charge in [-0.1, -0.05) is 13.3 Å². The van der Waals surface area contributed by atoms with E-state index in [1.54, 1.807) is 18.2 Å². The highest BCUT2D eigenvalue weighted by atomic mass is 32.2. The molecule has 1 saturated carbocycles. The van der Waals surface area contributed by atoms with E-state index in [9.17, 15) is 13.2 Å². The minimum absolute atomic E-state index is 0.0843. The third-order valence-corrected chi connectivity index (χ3v) is 7.26. The number of nitrogens with one attached hydrogen (secondary N) is 1. The van der Waals surface area contributed by atoms with Gasteiger partial charge in [-0.15, -0.1) is 0 Å². The third kappa shape index (κ3) is 3.47. The van der Waals surface area contributed by atoms with Gasteiger partial charge in [0, 0.05) is 23.2 Å². The fourth-order valence-electron chi connectivity index (χ4n) is 3.46. The Bertz CT molecular complexity index is 782. The molecule has 138 valence electrons. The highest BCUT2D eigenvalue weighted by molar-refractivity contribution is 7.89. The number of hydrogen-bond acceptors (Lipinski definition) is 3. The van der Waals surface area contributed by atoms with Gasteiger partial charge in [-0.05, 0) is 70.2 Å². The van der Waals surface area contributed by atoms with Crippen LogP contribution >= 0.6 is 0 Å². The van der Waals surface area contributed by atoms with E-state index < -0.39 is 15.6 Å². The Morgan fingerprint density at radius 3 is 2.56 bits per heavy atom. The summed E-state index contributed by atoms with van der Waals surface area (Å²) < 4.78 is 28.1. The molecule has 1 amide bonds. The van der Waals surface area contributed by atoms with Crippen molar-refractivity contribution < 1.29 is 13.2 Å². The van der Waals surface area contributed by atoms with Crippen LogP contribution in [0.2, 0.25) is 0 Å². The van der Waals surface area contributed by atoms with Crippen LogP contribution in [0.25, 0.3) is 0 Å². The van der Waals surface area contributed by atoms with Gasteiger partial charge in [0.2, 0.25) is 15.9 Å². The fourth-order valence-corrected chi connectivity index (χ4v) is 4.99. The first-order chi connectivity index (χ1) is 11.6. The number of hydrogen-bond donors (Lipinski definition) is 1. The molecule has 3 rings (SSSR count). The van der Waals surface area contributed by atoms with E-state index in [0.717, 1.165) is 30.5 Å². The number of fused-ring (bicyclic) bond motifs is 1. The molecule has 25 heavy (non-hydrogen) atoms. The number of carbonyl (C=O) groups is 1. The Morgan fingerprint density at radius 2 is 2.00 bits per heavy atom. The van der Waals surface area contributed by atoms with Crippen LogP contribution in [0.5, 0.6) is 0 Å². The van der Waals surface area contributed by atoms with Crippen molar-refractivity contribution in [2.24, 2.45) is 5.92 Å². The van der Waals surface area contributed by atoms with E-state index in [0.29, 0.717) is 12.8 Å². The van der Waals surface area contributed by atoms with Crippen LogP contribution in [-0.2, 0) is 21.2 Å². The van der Waals surface area contributed by atoms with Crippen LogP contribution < -0.4 is 9.62 Å². The SMILES string of the molecule is CCC(C)(C)NS(=O)(=O)c1ccc2c(c1)C[C@@H](C)N2C(=O)C1CCC1. The Labute approximate surface area is 150 Å². The lowest BCUT2D eigenvalue weighted by Gasteiger charge is -2.32. The van der Waals surface area contributed by atoms with E-state index in [1.807, 2.05) is 32.6 Å². The van der Waals surface area contributed by atoms with Crippen molar-refractivity contribution in [2.75, 3.05) is 4.90 Å². The molecule has 0 spiro atoms. The monoisotopic (exact) mass is 364 g/mol. The largest absolute Gasteiger partial charge is 0.309 e. The normalized spacial score (nSPS) is 21.1. The summed E-state index contributed by atoms with van der Waals surface area (Å²) in [5, 5.41) is 0. The van der Waals surface area contributed by atoms with Gasteiger partial charge < -0.3 is 4.90 Å². The summed E-state index contributed by atoms with van der Waals surface area (Å²) in [7, 11) is -3.57. The van der Waals surface area contributed by atoms with Crippen LogP contribution in [-0.4, -0.2) is 25.9 Å². The zero-order chi connectivity index (χ0) is 18.4. The zero-order valence-electron chi connectivity index (χ0n) is 15.5. The summed E-state index contributed by atoms with van der Waals surface area (Å²) in [6, 6.07) is 5.23. The molecule has 1 aromatic rings. The van der Waals surface area contributed by atoms with Crippen LogP contribution in [0.3, 0.4) is 0 Å². The molecule has 5 nitrogen and oxygen atoms in total. The topological polar surface area (TPSA) is 66.5 Å². The average molecular weight is 365 g/mol.